The Hall–Kier alpha value is -2.57. The summed E-state index contributed by atoms with van der Waals surface area (Å²) in [5, 5.41) is 11.3. The first-order valence-electron chi connectivity index (χ1n) is 4.88. The Bertz CT molecular complexity index is 577. The molecule has 2 heterocycles. The first-order chi connectivity index (χ1) is 8.25. The summed E-state index contributed by atoms with van der Waals surface area (Å²) in [7, 11) is 0. The van der Waals surface area contributed by atoms with Crippen LogP contribution in [0, 0.1) is 6.92 Å². The molecule has 2 aromatic rings. The first-order valence-corrected chi connectivity index (χ1v) is 4.88. The predicted octanol–water partition coefficient (Wildman–Crippen LogP) is 0.314. The smallest absolute Gasteiger partial charge is 0.274 e. The fraction of sp³-hybridized carbons (Fsp3) is 0.100. The summed E-state index contributed by atoms with van der Waals surface area (Å²) in [5.41, 5.74) is 3.49. The van der Waals surface area contributed by atoms with Crippen molar-refractivity contribution in [2.75, 3.05) is 5.43 Å². The molecule has 0 bridgehead atoms. The highest BCUT2D eigenvalue weighted by Gasteiger charge is 1.97. The van der Waals surface area contributed by atoms with Gasteiger partial charge in [0.1, 0.15) is 5.69 Å². The van der Waals surface area contributed by atoms with E-state index in [4.69, 9.17) is 0 Å². The van der Waals surface area contributed by atoms with E-state index >= 15 is 0 Å². The molecule has 7 heteroatoms. The molecule has 0 radical (unpaired) electrons. The van der Waals surface area contributed by atoms with E-state index in [0.717, 1.165) is 5.56 Å². The van der Waals surface area contributed by atoms with Gasteiger partial charge < -0.3 is 0 Å². The number of hydrogen-bond acceptors (Lipinski definition) is 6. The van der Waals surface area contributed by atoms with Crippen LogP contribution in [0.25, 0.3) is 0 Å². The molecular formula is C10H10N6O. The van der Waals surface area contributed by atoms with Gasteiger partial charge in [-0.25, -0.2) is 5.43 Å². The average Bonchev–Trinajstić information content (AvgIpc) is 2.35. The van der Waals surface area contributed by atoms with E-state index in [-0.39, 0.29) is 11.5 Å². The maximum absolute atomic E-state index is 11.2. The Morgan fingerprint density at radius 3 is 2.82 bits per heavy atom. The van der Waals surface area contributed by atoms with Crippen molar-refractivity contribution < 1.29 is 0 Å². The average molecular weight is 230 g/mol. The zero-order valence-corrected chi connectivity index (χ0v) is 9.08. The van der Waals surface area contributed by atoms with Crippen LogP contribution in [0.1, 0.15) is 11.3 Å². The normalized spacial score (nSPS) is 10.6. The van der Waals surface area contributed by atoms with Crippen molar-refractivity contribution in [2.24, 2.45) is 5.10 Å². The molecule has 0 aliphatic rings. The van der Waals surface area contributed by atoms with Gasteiger partial charge in [0.05, 0.1) is 6.21 Å². The van der Waals surface area contributed by atoms with Gasteiger partial charge in [0.15, 0.2) is 0 Å². The summed E-state index contributed by atoms with van der Waals surface area (Å²) in [6.45, 7) is 1.58. The van der Waals surface area contributed by atoms with Crippen LogP contribution in [-0.2, 0) is 0 Å². The van der Waals surface area contributed by atoms with Crippen molar-refractivity contribution in [1.29, 1.82) is 0 Å². The lowest BCUT2D eigenvalue weighted by Crippen LogP contribution is -2.15. The first kappa shape index (κ1) is 10.9. The van der Waals surface area contributed by atoms with Crippen LogP contribution in [0.4, 0.5) is 5.95 Å². The number of anilines is 1. The van der Waals surface area contributed by atoms with E-state index in [1.165, 1.54) is 0 Å². The number of aromatic amines is 1. The number of nitrogens with one attached hydrogen (secondary N) is 2. The summed E-state index contributed by atoms with van der Waals surface area (Å²) in [4.78, 5) is 17.6. The molecule has 0 atom stereocenters. The van der Waals surface area contributed by atoms with Gasteiger partial charge in [-0.3, -0.25) is 14.8 Å². The van der Waals surface area contributed by atoms with E-state index in [1.807, 2.05) is 0 Å². The Labute approximate surface area is 96.6 Å². The minimum atomic E-state index is -0.290. The quantitative estimate of drug-likeness (QED) is 0.584. The van der Waals surface area contributed by atoms with Gasteiger partial charge in [-0.1, -0.05) is 0 Å². The highest BCUT2D eigenvalue weighted by atomic mass is 16.1. The molecule has 0 fully saturated rings. The molecule has 0 saturated carbocycles. The van der Waals surface area contributed by atoms with Crippen molar-refractivity contribution in [3.63, 3.8) is 0 Å². The molecule has 0 aliphatic heterocycles. The number of aromatic nitrogens is 4. The number of hydrazone groups is 1. The Morgan fingerprint density at radius 2 is 2.12 bits per heavy atom. The third kappa shape index (κ3) is 2.94. The van der Waals surface area contributed by atoms with E-state index in [0.29, 0.717) is 5.69 Å². The maximum Gasteiger partial charge on any atom is 0.274 e. The lowest BCUT2D eigenvalue weighted by atomic mass is 10.3. The lowest BCUT2D eigenvalue weighted by Gasteiger charge is -1.97. The van der Waals surface area contributed by atoms with Crippen molar-refractivity contribution >= 4 is 12.2 Å². The number of aryl methyl sites for hydroxylation is 1. The predicted molar refractivity (Wildman–Crippen MR) is 62.8 cm³/mol. The zero-order chi connectivity index (χ0) is 12.1. The highest BCUT2D eigenvalue weighted by Crippen LogP contribution is 1.93. The number of pyridine rings is 1. The molecule has 2 N–H and O–H groups in total. The Kier molecular flexibility index (Phi) is 3.20. The number of rotatable bonds is 3. The van der Waals surface area contributed by atoms with Gasteiger partial charge in [-0.2, -0.15) is 5.10 Å². The third-order valence-corrected chi connectivity index (χ3v) is 1.95. The van der Waals surface area contributed by atoms with Crippen molar-refractivity contribution in [3.8, 4) is 0 Å². The summed E-state index contributed by atoms with van der Waals surface area (Å²) in [6, 6.07) is 3.60. The van der Waals surface area contributed by atoms with Gasteiger partial charge in [0, 0.05) is 12.4 Å². The minimum absolute atomic E-state index is 0.200. The van der Waals surface area contributed by atoms with E-state index < -0.39 is 0 Å². The number of H-pyrrole nitrogens is 1. The van der Waals surface area contributed by atoms with Crippen LogP contribution < -0.4 is 11.0 Å². The second-order valence-electron chi connectivity index (χ2n) is 3.24. The van der Waals surface area contributed by atoms with Gasteiger partial charge in [-0.15, -0.1) is 10.2 Å². The molecule has 7 nitrogen and oxygen atoms in total. The molecular weight excluding hydrogens is 220 g/mol. The van der Waals surface area contributed by atoms with Crippen LogP contribution in [0.15, 0.2) is 34.4 Å². The second-order valence-corrected chi connectivity index (χ2v) is 3.24. The molecule has 0 spiro atoms. The van der Waals surface area contributed by atoms with Crippen LogP contribution in [0.2, 0.25) is 0 Å². The van der Waals surface area contributed by atoms with Crippen LogP contribution >= 0.6 is 0 Å². The van der Waals surface area contributed by atoms with Gasteiger partial charge in [0.2, 0.25) is 5.95 Å². The lowest BCUT2D eigenvalue weighted by molar-refractivity contribution is 0.897. The Balaban J connectivity index is 2.05. The fourth-order valence-electron chi connectivity index (χ4n) is 1.06. The van der Waals surface area contributed by atoms with E-state index in [2.05, 4.69) is 30.7 Å². The number of hydrogen-bond donors (Lipinski definition) is 2. The molecule has 2 aromatic heterocycles. The summed E-state index contributed by atoms with van der Waals surface area (Å²) in [6.07, 6.45) is 4.91. The molecule has 0 unspecified atom stereocenters. The molecule has 86 valence electrons. The van der Waals surface area contributed by atoms with Gasteiger partial charge in [-0.05, 0) is 24.6 Å². The summed E-state index contributed by atoms with van der Waals surface area (Å²) in [5.74, 6) is 0.200. The molecule has 0 aliphatic carbocycles. The summed E-state index contributed by atoms with van der Waals surface area (Å²) < 4.78 is 0. The third-order valence-electron chi connectivity index (χ3n) is 1.95. The molecule has 0 aromatic carbocycles. The van der Waals surface area contributed by atoms with Crippen LogP contribution in [-0.4, -0.2) is 26.4 Å². The molecule has 0 saturated heterocycles. The fourth-order valence-corrected chi connectivity index (χ4v) is 1.06. The second kappa shape index (κ2) is 4.97. The van der Waals surface area contributed by atoms with E-state index in [9.17, 15) is 4.79 Å². The number of nitrogens with zero attached hydrogens (tertiary/aromatic N) is 4. The molecule has 17 heavy (non-hydrogen) atoms. The van der Waals surface area contributed by atoms with Crippen molar-refractivity contribution in [3.05, 3.63) is 46.1 Å². The SMILES string of the molecule is Cc1nnc(N/N=C\c2ccncc2)[nH]c1=O. The van der Waals surface area contributed by atoms with Crippen molar-refractivity contribution in [1.82, 2.24) is 20.2 Å². The molecule has 0 amide bonds. The monoisotopic (exact) mass is 230 g/mol. The van der Waals surface area contributed by atoms with E-state index in [1.54, 1.807) is 37.7 Å². The minimum Gasteiger partial charge on any atom is -0.288 e. The summed E-state index contributed by atoms with van der Waals surface area (Å²) >= 11 is 0. The zero-order valence-electron chi connectivity index (χ0n) is 9.08. The van der Waals surface area contributed by atoms with Gasteiger partial charge >= 0.3 is 0 Å². The van der Waals surface area contributed by atoms with Crippen molar-refractivity contribution in [2.45, 2.75) is 6.92 Å². The standard InChI is InChI=1S/C10H10N6O/c1-7-9(17)13-10(16-14-7)15-12-6-8-2-4-11-5-3-8/h2-6H,1H3,(H2,13,15,16,17)/b12-6-. The Morgan fingerprint density at radius 1 is 1.35 bits per heavy atom. The van der Waals surface area contributed by atoms with Crippen LogP contribution in [0.3, 0.4) is 0 Å². The topological polar surface area (TPSA) is 95.9 Å². The highest BCUT2D eigenvalue weighted by molar-refractivity contribution is 5.79. The largest absolute Gasteiger partial charge is 0.288 e. The molecule has 2 rings (SSSR count). The van der Waals surface area contributed by atoms with Gasteiger partial charge in [0.25, 0.3) is 5.56 Å². The van der Waals surface area contributed by atoms with Crippen LogP contribution in [0.5, 0.6) is 0 Å². The maximum atomic E-state index is 11.2.